The number of carbonyl (C=O) groups excluding carboxylic acids is 2. The molecule has 0 aliphatic carbocycles. The third kappa shape index (κ3) is 4.32. The number of hydrogen-bond acceptors (Lipinski definition) is 8. The Kier molecular flexibility index (Phi) is 5.65. The second-order valence-corrected chi connectivity index (χ2v) is 5.78. The number of rotatable bonds is 7. The van der Waals surface area contributed by atoms with Gasteiger partial charge in [-0.1, -0.05) is 0 Å². The molecular formula is C17H17N5O6. The Labute approximate surface area is 157 Å². The molecule has 3 aromatic rings. The third-order valence-corrected chi connectivity index (χ3v) is 3.88. The minimum atomic E-state index is -1.19. The van der Waals surface area contributed by atoms with Gasteiger partial charge in [-0.05, 0) is 17.7 Å². The van der Waals surface area contributed by atoms with E-state index in [1.807, 2.05) is 0 Å². The van der Waals surface area contributed by atoms with E-state index in [-0.39, 0.29) is 12.0 Å². The van der Waals surface area contributed by atoms with Gasteiger partial charge >= 0.3 is 5.63 Å². The summed E-state index contributed by atoms with van der Waals surface area (Å²) in [4.78, 5) is 36.3. The number of aromatic nitrogens is 3. The van der Waals surface area contributed by atoms with Crippen LogP contribution in [0.4, 0.5) is 0 Å². The molecule has 11 heteroatoms. The van der Waals surface area contributed by atoms with Gasteiger partial charge in [-0.15, -0.1) is 10.2 Å². The summed E-state index contributed by atoms with van der Waals surface area (Å²) in [6.07, 6.45) is 2.31. The first-order chi connectivity index (χ1) is 13.5. The number of methoxy groups -OCH3 is 1. The lowest BCUT2D eigenvalue weighted by molar-refractivity contribution is -0.127. The van der Waals surface area contributed by atoms with E-state index in [1.165, 1.54) is 30.5 Å². The first kappa shape index (κ1) is 19.0. The molecule has 0 aliphatic heterocycles. The summed E-state index contributed by atoms with van der Waals surface area (Å²) in [5.74, 6) is -0.707. The number of aliphatic hydroxyl groups is 1. The molecule has 0 radical (unpaired) electrons. The van der Waals surface area contributed by atoms with Crippen LogP contribution < -0.4 is 21.1 Å². The van der Waals surface area contributed by atoms with E-state index in [0.717, 1.165) is 0 Å². The number of fused-ring (bicyclic) bond motifs is 1. The number of hydrogen-bond donors (Lipinski definition) is 3. The van der Waals surface area contributed by atoms with Crippen molar-refractivity contribution in [2.24, 2.45) is 0 Å². The largest absolute Gasteiger partial charge is 0.497 e. The standard InChI is InChI=1S/C17H17N5O6/c1-27-11-2-3-12-10(5-16(25)28-14(12)6-11)4-15(24)20-13(7-23)17(26)21-22-8-18-19-9-22/h2-3,5-6,8-9,13,23H,4,7H2,1H3,(H,20,24)(H,21,26)/t13-/m0/s1. The number of nitrogens with one attached hydrogen (secondary N) is 2. The lowest BCUT2D eigenvalue weighted by Gasteiger charge is -2.16. The Morgan fingerprint density at radius 1 is 1.29 bits per heavy atom. The molecule has 0 aliphatic rings. The maximum Gasteiger partial charge on any atom is 0.336 e. The van der Waals surface area contributed by atoms with Gasteiger partial charge in [0.2, 0.25) is 5.91 Å². The fraction of sp³-hybridized carbons (Fsp3) is 0.235. The predicted octanol–water partition coefficient (Wildman–Crippen LogP) is -0.817. The monoisotopic (exact) mass is 387 g/mol. The van der Waals surface area contributed by atoms with Crippen molar-refractivity contribution in [2.75, 3.05) is 19.1 Å². The molecule has 28 heavy (non-hydrogen) atoms. The van der Waals surface area contributed by atoms with E-state index in [1.54, 1.807) is 18.2 Å². The van der Waals surface area contributed by atoms with Crippen LogP contribution in [-0.2, 0) is 16.0 Å². The summed E-state index contributed by atoms with van der Waals surface area (Å²) < 4.78 is 11.4. The average Bonchev–Trinajstić information content (AvgIpc) is 3.18. The predicted molar refractivity (Wildman–Crippen MR) is 96.1 cm³/mol. The van der Waals surface area contributed by atoms with Gasteiger partial charge in [-0.25, -0.2) is 9.47 Å². The lowest BCUT2D eigenvalue weighted by Crippen LogP contribution is -2.48. The van der Waals surface area contributed by atoms with Crippen LogP contribution in [0.15, 0.2) is 46.1 Å². The number of benzene rings is 1. The van der Waals surface area contributed by atoms with E-state index in [0.29, 0.717) is 16.7 Å². The Balaban J connectivity index is 1.74. The van der Waals surface area contributed by atoms with Crippen molar-refractivity contribution in [3.8, 4) is 5.75 Å². The van der Waals surface area contributed by atoms with E-state index in [9.17, 15) is 19.5 Å². The van der Waals surface area contributed by atoms with E-state index in [2.05, 4.69) is 20.9 Å². The maximum atomic E-state index is 12.4. The van der Waals surface area contributed by atoms with Crippen molar-refractivity contribution in [2.45, 2.75) is 12.5 Å². The minimum absolute atomic E-state index is 0.190. The molecule has 1 atom stereocenters. The molecule has 0 spiro atoms. The van der Waals surface area contributed by atoms with Gasteiger partial charge in [-0.2, -0.15) is 0 Å². The molecule has 0 unspecified atom stereocenters. The summed E-state index contributed by atoms with van der Waals surface area (Å²) in [5, 5.41) is 19.5. The molecule has 146 valence electrons. The second-order valence-electron chi connectivity index (χ2n) is 5.78. The van der Waals surface area contributed by atoms with Crippen molar-refractivity contribution in [3.63, 3.8) is 0 Å². The van der Waals surface area contributed by atoms with Crippen LogP contribution in [0.1, 0.15) is 5.56 Å². The molecule has 0 saturated heterocycles. The molecular weight excluding hydrogens is 370 g/mol. The Morgan fingerprint density at radius 3 is 2.71 bits per heavy atom. The zero-order chi connectivity index (χ0) is 20.1. The van der Waals surface area contributed by atoms with Crippen LogP contribution in [0.2, 0.25) is 0 Å². The van der Waals surface area contributed by atoms with Crippen LogP contribution in [0.5, 0.6) is 5.75 Å². The third-order valence-electron chi connectivity index (χ3n) is 3.88. The average molecular weight is 387 g/mol. The summed E-state index contributed by atoms with van der Waals surface area (Å²) in [7, 11) is 1.48. The normalized spacial score (nSPS) is 11.8. The van der Waals surface area contributed by atoms with Gasteiger partial charge in [0.15, 0.2) is 0 Å². The van der Waals surface area contributed by atoms with Crippen LogP contribution in [-0.4, -0.2) is 51.6 Å². The molecule has 3 N–H and O–H groups in total. The molecule has 0 fully saturated rings. The molecule has 2 aromatic heterocycles. The van der Waals surface area contributed by atoms with Crippen molar-refractivity contribution in [1.29, 1.82) is 0 Å². The van der Waals surface area contributed by atoms with Gasteiger partial charge in [0.05, 0.1) is 20.1 Å². The molecule has 2 heterocycles. The Morgan fingerprint density at radius 2 is 2.04 bits per heavy atom. The van der Waals surface area contributed by atoms with Crippen LogP contribution in [0.3, 0.4) is 0 Å². The first-order valence-electron chi connectivity index (χ1n) is 8.16. The highest BCUT2D eigenvalue weighted by Crippen LogP contribution is 2.22. The van der Waals surface area contributed by atoms with Gasteiger partial charge in [0.1, 0.15) is 30.0 Å². The summed E-state index contributed by atoms with van der Waals surface area (Å²) in [6, 6.07) is 4.90. The number of ether oxygens (including phenoxy) is 1. The molecule has 11 nitrogen and oxygen atoms in total. The molecule has 0 bridgehead atoms. The molecule has 2 amide bonds. The SMILES string of the molecule is COc1ccc2c(CC(=O)N[C@@H](CO)C(=O)Nn3cnnc3)cc(=O)oc2c1. The Hall–Kier alpha value is -3.73. The van der Waals surface area contributed by atoms with Crippen molar-refractivity contribution in [1.82, 2.24) is 20.2 Å². The second kappa shape index (κ2) is 8.31. The first-order valence-corrected chi connectivity index (χ1v) is 8.16. The smallest absolute Gasteiger partial charge is 0.336 e. The number of nitrogens with zero attached hydrogens (tertiary/aromatic N) is 3. The summed E-state index contributed by atoms with van der Waals surface area (Å²) in [5.41, 5.74) is 2.47. The summed E-state index contributed by atoms with van der Waals surface area (Å²) in [6.45, 7) is -0.616. The number of amides is 2. The molecule has 0 saturated carbocycles. The van der Waals surface area contributed by atoms with E-state index in [4.69, 9.17) is 9.15 Å². The van der Waals surface area contributed by atoms with Crippen LogP contribution >= 0.6 is 0 Å². The van der Waals surface area contributed by atoms with Gasteiger partial charge < -0.3 is 19.6 Å². The van der Waals surface area contributed by atoms with Crippen LogP contribution in [0, 0.1) is 0 Å². The zero-order valence-corrected chi connectivity index (χ0v) is 14.8. The topological polar surface area (TPSA) is 149 Å². The highest BCUT2D eigenvalue weighted by Gasteiger charge is 2.21. The van der Waals surface area contributed by atoms with Crippen molar-refractivity contribution < 1.29 is 23.8 Å². The van der Waals surface area contributed by atoms with E-state index < -0.39 is 30.1 Å². The van der Waals surface area contributed by atoms with Gasteiger partial charge in [-0.3, -0.25) is 15.0 Å². The summed E-state index contributed by atoms with van der Waals surface area (Å²) >= 11 is 0. The molecule has 1 aromatic carbocycles. The highest BCUT2D eigenvalue weighted by atomic mass is 16.5. The fourth-order valence-corrected chi connectivity index (χ4v) is 2.56. The quantitative estimate of drug-likeness (QED) is 0.446. The number of carbonyl (C=O) groups is 2. The van der Waals surface area contributed by atoms with Gasteiger partial charge in [0, 0.05) is 17.5 Å². The fourth-order valence-electron chi connectivity index (χ4n) is 2.56. The molecule has 3 rings (SSSR count). The lowest BCUT2D eigenvalue weighted by atomic mass is 10.1. The van der Waals surface area contributed by atoms with Crippen molar-refractivity contribution in [3.05, 3.63) is 52.9 Å². The van der Waals surface area contributed by atoms with Gasteiger partial charge in [0.25, 0.3) is 5.91 Å². The van der Waals surface area contributed by atoms with E-state index >= 15 is 0 Å². The van der Waals surface area contributed by atoms with Crippen LogP contribution in [0.25, 0.3) is 11.0 Å². The Bertz CT molecular complexity index is 1050. The number of aliphatic hydroxyl groups excluding tert-OH is 1. The minimum Gasteiger partial charge on any atom is -0.497 e. The zero-order valence-electron chi connectivity index (χ0n) is 14.8. The highest BCUT2D eigenvalue weighted by molar-refractivity contribution is 5.94. The maximum absolute atomic E-state index is 12.4. The van der Waals surface area contributed by atoms with Crippen molar-refractivity contribution >= 4 is 22.8 Å².